The molecule has 26 heavy (non-hydrogen) atoms. The van der Waals surface area contributed by atoms with Crippen LogP contribution in [0.4, 0.5) is 0 Å². The smallest absolute Gasteiger partial charge is 0.0303 e. The normalized spacial score (nSPS) is 13.3. The second-order valence-corrected chi connectivity index (χ2v) is 6.79. The number of benzene rings is 4. The van der Waals surface area contributed by atoms with Crippen LogP contribution in [-0.2, 0) is 0 Å². The van der Waals surface area contributed by atoms with Gasteiger partial charge in [0.2, 0.25) is 0 Å². The second kappa shape index (κ2) is 7.90. The molecule has 4 aromatic carbocycles. The van der Waals surface area contributed by atoms with Crippen molar-refractivity contribution in [2.75, 3.05) is 0 Å². The number of hydrogen-bond acceptors (Lipinski definition) is 1. The van der Waals surface area contributed by atoms with Crippen LogP contribution in [0, 0.1) is 0 Å². The fraction of sp³-hybridized carbons (Fsp3) is 0.167. The summed E-state index contributed by atoms with van der Waals surface area (Å²) in [6.45, 7) is 4.49. The van der Waals surface area contributed by atoms with Gasteiger partial charge in [0, 0.05) is 12.1 Å². The lowest BCUT2D eigenvalue weighted by molar-refractivity contribution is 0.497. The molecule has 0 radical (unpaired) electrons. The molecule has 132 valence electrons. The standard InChI is InChI=1S/C24H23N.ClH/c1-17(21-15-14-19-8-3-4-10-22(19)16-21)25-18(2)23-13-7-11-20-9-5-6-12-24(20)23;/h3-18,25H,1-2H3;1H/t17-,18-;/m1./s1. The van der Waals surface area contributed by atoms with Crippen LogP contribution < -0.4 is 5.32 Å². The van der Waals surface area contributed by atoms with Crippen molar-refractivity contribution >= 4 is 34.0 Å². The minimum absolute atomic E-state index is 0. The topological polar surface area (TPSA) is 12.0 Å². The highest BCUT2D eigenvalue weighted by Crippen LogP contribution is 2.27. The molecule has 0 saturated heterocycles. The van der Waals surface area contributed by atoms with Crippen LogP contribution in [0.2, 0.25) is 0 Å². The summed E-state index contributed by atoms with van der Waals surface area (Å²) in [5.41, 5.74) is 2.68. The van der Waals surface area contributed by atoms with Crippen LogP contribution in [0.15, 0.2) is 84.9 Å². The molecule has 4 rings (SSSR count). The van der Waals surface area contributed by atoms with Crippen molar-refractivity contribution in [1.29, 1.82) is 0 Å². The van der Waals surface area contributed by atoms with Crippen molar-refractivity contribution in [3.05, 3.63) is 96.1 Å². The molecule has 0 aromatic heterocycles. The maximum atomic E-state index is 3.77. The zero-order valence-electron chi connectivity index (χ0n) is 15.1. The Morgan fingerprint density at radius 2 is 1.27 bits per heavy atom. The summed E-state index contributed by atoms with van der Waals surface area (Å²) in [7, 11) is 0. The fourth-order valence-corrected chi connectivity index (χ4v) is 3.67. The van der Waals surface area contributed by atoms with Gasteiger partial charge in [-0.05, 0) is 52.6 Å². The van der Waals surface area contributed by atoms with E-state index >= 15 is 0 Å². The Labute approximate surface area is 161 Å². The third-order valence-electron chi connectivity index (χ3n) is 5.06. The highest BCUT2D eigenvalue weighted by molar-refractivity contribution is 5.86. The number of fused-ring (bicyclic) bond motifs is 2. The van der Waals surface area contributed by atoms with Gasteiger partial charge in [-0.2, -0.15) is 0 Å². The van der Waals surface area contributed by atoms with E-state index in [0.717, 1.165) is 0 Å². The monoisotopic (exact) mass is 361 g/mol. The minimum Gasteiger partial charge on any atom is -0.304 e. The minimum atomic E-state index is 0. The Morgan fingerprint density at radius 1 is 0.615 bits per heavy atom. The van der Waals surface area contributed by atoms with Gasteiger partial charge in [0.15, 0.2) is 0 Å². The van der Waals surface area contributed by atoms with Gasteiger partial charge in [-0.15, -0.1) is 12.4 Å². The number of rotatable bonds is 4. The first kappa shape index (κ1) is 18.4. The van der Waals surface area contributed by atoms with Crippen molar-refractivity contribution in [1.82, 2.24) is 5.32 Å². The first-order valence-electron chi connectivity index (χ1n) is 8.95. The number of hydrogen-bond donors (Lipinski definition) is 1. The molecule has 0 unspecified atom stereocenters. The van der Waals surface area contributed by atoms with E-state index in [2.05, 4.69) is 104 Å². The quantitative estimate of drug-likeness (QED) is 0.420. The highest BCUT2D eigenvalue weighted by Gasteiger charge is 2.13. The maximum Gasteiger partial charge on any atom is 0.0303 e. The van der Waals surface area contributed by atoms with E-state index in [-0.39, 0.29) is 18.4 Å². The van der Waals surface area contributed by atoms with Gasteiger partial charge in [0.05, 0.1) is 0 Å². The van der Waals surface area contributed by atoms with Gasteiger partial charge in [-0.25, -0.2) is 0 Å². The predicted molar refractivity (Wildman–Crippen MR) is 115 cm³/mol. The highest BCUT2D eigenvalue weighted by atomic mass is 35.5. The molecule has 0 aliphatic rings. The Bertz CT molecular complexity index is 1020. The van der Waals surface area contributed by atoms with Gasteiger partial charge >= 0.3 is 0 Å². The van der Waals surface area contributed by atoms with Crippen molar-refractivity contribution < 1.29 is 0 Å². The summed E-state index contributed by atoms with van der Waals surface area (Å²) in [6.07, 6.45) is 0. The molecule has 1 N–H and O–H groups in total. The average molecular weight is 362 g/mol. The van der Waals surface area contributed by atoms with E-state index in [9.17, 15) is 0 Å². The van der Waals surface area contributed by atoms with Crippen molar-refractivity contribution in [3.63, 3.8) is 0 Å². The molecule has 0 fully saturated rings. The van der Waals surface area contributed by atoms with E-state index in [1.165, 1.54) is 32.7 Å². The number of nitrogens with one attached hydrogen (secondary N) is 1. The Hall–Kier alpha value is -2.35. The maximum absolute atomic E-state index is 3.77. The van der Waals surface area contributed by atoms with Crippen LogP contribution in [0.3, 0.4) is 0 Å². The van der Waals surface area contributed by atoms with Gasteiger partial charge < -0.3 is 5.32 Å². The van der Waals surface area contributed by atoms with Gasteiger partial charge in [0.1, 0.15) is 0 Å². The summed E-state index contributed by atoms with van der Waals surface area (Å²) >= 11 is 0. The lowest BCUT2D eigenvalue weighted by Crippen LogP contribution is -2.22. The molecule has 0 heterocycles. The van der Waals surface area contributed by atoms with Crippen LogP contribution in [-0.4, -0.2) is 0 Å². The second-order valence-electron chi connectivity index (χ2n) is 6.79. The van der Waals surface area contributed by atoms with Gasteiger partial charge in [0.25, 0.3) is 0 Å². The van der Waals surface area contributed by atoms with E-state index in [1.807, 2.05) is 0 Å². The van der Waals surface area contributed by atoms with Crippen molar-refractivity contribution in [2.24, 2.45) is 0 Å². The van der Waals surface area contributed by atoms with Crippen LogP contribution in [0.1, 0.15) is 37.1 Å². The van der Waals surface area contributed by atoms with Gasteiger partial charge in [-0.3, -0.25) is 0 Å². The van der Waals surface area contributed by atoms with Crippen LogP contribution in [0.5, 0.6) is 0 Å². The Balaban J connectivity index is 0.00000196. The molecule has 2 heteroatoms. The molecule has 0 amide bonds. The molecule has 0 aliphatic heterocycles. The molecule has 1 nitrogen and oxygen atoms in total. The lowest BCUT2D eigenvalue weighted by Gasteiger charge is -2.22. The van der Waals surface area contributed by atoms with E-state index in [1.54, 1.807) is 0 Å². The predicted octanol–water partition coefficient (Wildman–Crippen LogP) is 6.83. The van der Waals surface area contributed by atoms with Crippen molar-refractivity contribution in [2.45, 2.75) is 25.9 Å². The molecule has 0 bridgehead atoms. The largest absolute Gasteiger partial charge is 0.304 e. The molecule has 0 aliphatic carbocycles. The SMILES string of the molecule is C[C@@H](N[C@H](C)c1cccc2ccccc12)c1ccc2ccccc2c1.Cl. The molecular weight excluding hydrogens is 338 g/mol. The Kier molecular flexibility index (Phi) is 5.61. The fourth-order valence-electron chi connectivity index (χ4n) is 3.67. The Morgan fingerprint density at radius 3 is 2.08 bits per heavy atom. The molecule has 0 saturated carbocycles. The van der Waals surface area contributed by atoms with E-state index < -0.39 is 0 Å². The average Bonchev–Trinajstić information content (AvgIpc) is 2.67. The van der Waals surface area contributed by atoms with E-state index in [0.29, 0.717) is 6.04 Å². The first-order valence-corrected chi connectivity index (χ1v) is 8.95. The van der Waals surface area contributed by atoms with Crippen LogP contribution >= 0.6 is 12.4 Å². The summed E-state index contributed by atoms with van der Waals surface area (Å²) in [5.74, 6) is 0. The van der Waals surface area contributed by atoms with Crippen LogP contribution in [0.25, 0.3) is 21.5 Å². The summed E-state index contributed by atoms with van der Waals surface area (Å²) < 4.78 is 0. The van der Waals surface area contributed by atoms with E-state index in [4.69, 9.17) is 0 Å². The number of halogens is 1. The summed E-state index contributed by atoms with van der Waals surface area (Å²) in [4.78, 5) is 0. The molecule has 0 spiro atoms. The molecule has 2 atom stereocenters. The van der Waals surface area contributed by atoms with Crippen molar-refractivity contribution in [3.8, 4) is 0 Å². The first-order chi connectivity index (χ1) is 12.2. The molecular formula is C24H24ClN. The summed E-state index contributed by atoms with van der Waals surface area (Å²) in [5, 5.41) is 8.99. The molecule has 4 aromatic rings. The lowest BCUT2D eigenvalue weighted by atomic mass is 9.97. The third-order valence-corrected chi connectivity index (χ3v) is 5.06. The summed E-state index contributed by atoms with van der Waals surface area (Å²) in [6, 6.07) is 31.0. The zero-order chi connectivity index (χ0) is 17.2. The van der Waals surface area contributed by atoms with Gasteiger partial charge in [-0.1, -0.05) is 78.9 Å². The zero-order valence-corrected chi connectivity index (χ0v) is 16.0. The third kappa shape index (κ3) is 3.60.